The Morgan fingerprint density at radius 3 is 2.44 bits per heavy atom. The van der Waals surface area contributed by atoms with Crippen molar-refractivity contribution in [2.75, 3.05) is 11.9 Å². The van der Waals surface area contributed by atoms with Gasteiger partial charge in [-0.1, -0.05) is 44.2 Å². The minimum atomic E-state index is -0.834. The van der Waals surface area contributed by atoms with E-state index in [1.54, 1.807) is 0 Å². The van der Waals surface area contributed by atoms with Crippen LogP contribution in [-0.2, 0) is 16.1 Å². The molecule has 0 bridgehead atoms. The Labute approximate surface area is 162 Å². The maximum absolute atomic E-state index is 12.8. The molecule has 27 heavy (non-hydrogen) atoms. The van der Waals surface area contributed by atoms with Crippen LogP contribution in [-0.4, -0.2) is 18.1 Å². The molecule has 0 aliphatic carbocycles. The van der Waals surface area contributed by atoms with Gasteiger partial charge in [0.15, 0.2) is 0 Å². The summed E-state index contributed by atoms with van der Waals surface area (Å²) in [5, 5.41) is 3.00. The average Bonchev–Trinajstić information content (AvgIpc) is 2.61. The molecule has 1 N–H and O–H groups in total. The van der Waals surface area contributed by atoms with Gasteiger partial charge >= 0.3 is 0 Å². The predicted octanol–water partition coefficient (Wildman–Crippen LogP) is 5.35. The lowest BCUT2D eigenvalue weighted by molar-refractivity contribution is -0.140. The number of ether oxygens (including phenoxy) is 2. The van der Waals surface area contributed by atoms with Crippen molar-refractivity contribution in [3.05, 3.63) is 59.7 Å². The van der Waals surface area contributed by atoms with E-state index in [1.165, 1.54) is 0 Å². The first-order valence-electron chi connectivity index (χ1n) is 9.57. The van der Waals surface area contributed by atoms with E-state index in [9.17, 15) is 4.79 Å². The number of benzene rings is 2. The van der Waals surface area contributed by atoms with Gasteiger partial charge in [0, 0.05) is 12.3 Å². The normalized spacial score (nSPS) is 13.3. The van der Waals surface area contributed by atoms with E-state index < -0.39 is 5.60 Å². The molecule has 146 valence electrons. The summed E-state index contributed by atoms with van der Waals surface area (Å²) in [5.41, 5.74) is 2.01. The maximum Gasteiger partial charge on any atom is 0.256 e. The molecule has 0 fully saturated rings. The predicted molar refractivity (Wildman–Crippen MR) is 110 cm³/mol. The summed E-state index contributed by atoms with van der Waals surface area (Å²) in [6.07, 6.45) is 0.671. The Kier molecular flexibility index (Phi) is 7.43. The summed E-state index contributed by atoms with van der Waals surface area (Å²) >= 11 is 0. The van der Waals surface area contributed by atoms with Gasteiger partial charge in [0.25, 0.3) is 5.91 Å². The van der Waals surface area contributed by atoms with Crippen molar-refractivity contribution in [3.63, 3.8) is 0 Å². The van der Waals surface area contributed by atoms with Crippen LogP contribution < -0.4 is 10.1 Å². The van der Waals surface area contributed by atoms with Gasteiger partial charge < -0.3 is 14.8 Å². The fourth-order valence-corrected chi connectivity index (χ4v) is 3.20. The van der Waals surface area contributed by atoms with Gasteiger partial charge in [0.1, 0.15) is 18.0 Å². The molecular formula is C23H31NO3. The second kappa shape index (κ2) is 9.56. The molecule has 1 atom stereocenters. The van der Waals surface area contributed by atoms with Crippen molar-refractivity contribution < 1.29 is 14.3 Å². The minimum Gasteiger partial charge on any atom is -0.489 e. The average molecular weight is 370 g/mol. The number of rotatable bonds is 9. The molecule has 0 unspecified atom stereocenters. The van der Waals surface area contributed by atoms with Crippen molar-refractivity contribution in [1.82, 2.24) is 0 Å². The van der Waals surface area contributed by atoms with Crippen molar-refractivity contribution in [3.8, 4) is 5.75 Å². The molecule has 0 spiro atoms. The summed E-state index contributed by atoms with van der Waals surface area (Å²) in [7, 11) is 0. The topological polar surface area (TPSA) is 47.6 Å². The first-order chi connectivity index (χ1) is 12.8. The highest BCUT2D eigenvalue weighted by Gasteiger charge is 2.34. The first-order valence-corrected chi connectivity index (χ1v) is 9.57. The van der Waals surface area contributed by atoms with E-state index in [1.807, 2.05) is 69.3 Å². The number of amides is 1. The van der Waals surface area contributed by atoms with Crippen LogP contribution in [0.25, 0.3) is 0 Å². The highest BCUT2D eigenvalue weighted by molar-refractivity contribution is 5.97. The minimum absolute atomic E-state index is 0.115. The van der Waals surface area contributed by atoms with E-state index in [0.29, 0.717) is 25.6 Å². The third kappa shape index (κ3) is 6.10. The third-order valence-corrected chi connectivity index (χ3v) is 4.41. The maximum atomic E-state index is 12.8. The Morgan fingerprint density at radius 1 is 1.15 bits per heavy atom. The van der Waals surface area contributed by atoms with Gasteiger partial charge in [0.2, 0.25) is 0 Å². The summed E-state index contributed by atoms with van der Waals surface area (Å²) < 4.78 is 11.7. The van der Waals surface area contributed by atoms with E-state index >= 15 is 0 Å². The Hall–Kier alpha value is -2.33. The van der Waals surface area contributed by atoms with Crippen LogP contribution in [0.2, 0.25) is 0 Å². The summed E-state index contributed by atoms with van der Waals surface area (Å²) in [6.45, 7) is 10.9. The lowest BCUT2D eigenvalue weighted by Crippen LogP contribution is -2.44. The van der Waals surface area contributed by atoms with E-state index in [2.05, 4.69) is 19.2 Å². The quantitative estimate of drug-likeness (QED) is 0.648. The summed E-state index contributed by atoms with van der Waals surface area (Å²) in [6, 6.07) is 15.7. The molecule has 0 heterocycles. The molecule has 2 rings (SSSR count). The van der Waals surface area contributed by atoms with Crippen LogP contribution in [0.15, 0.2) is 48.5 Å². The molecule has 0 saturated heterocycles. The fraction of sp³-hybridized carbons (Fsp3) is 0.435. The number of carbonyl (C=O) groups is 1. The number of nitrogens with one attached hydrogen (secondary N) is 1. The standard InChI is InChI=1S/C23H31NO3/c1-6-27-23(5,15-17(2)3)22(25)24-20-12-13-21(18(4)14-20)26-16-19-10-8-7-9-11-19/h7-14,17H,6,15-16H2,1-5H3,(H,24,25)/t23-/m1/s1. The number of anilines is 1. The number of aryl methyl sites for hydroxylation is 1. The van der Waals surface area contributed by atoms with Gasteiger partial charge in [-0.05, 0) is 62.4 Å². The highest BCUT2D eigenvalue weighted by atomic mass is 16.5. The molecule has 2 aromatic rings. The Morgan fingerprint density at radius 2 is 1.85 bits per heavy atom. The number of hydrogen-bond donors (Lipinski definition) is 1. The summed E-state index contributed by atoms with van der Waals surface area (Å²) in [5.74, 6) is 1.06. The van der Waals surface area contributed by atoms with Crippen molar-refractivity contribution in [2.45, 2.75) is 53.2 Å². The second-order valence-electron chi connectivity index (χ2n) is 7.47. The zero-order chi connectivity index (χ0) is 19.9. The molecule has 1 amide bonds. The SMILES string of the molecule is CCO[C@](C)(CC(C)C)C(=O)Nc1ccc(OCc2ccccc2)c(C)c1. The van der Waals surface area contributed by atoms with Gasteiger partial charge in [-0.25, -0.2) is 0 Å². The smallest absolute Gasteiger partial charge is 0.256 e. The van der Waals surface area contributed by atoms with Crippen molar-refractivity contribution in [2.24, 2.45) is 5.92 Å². The monoisotopic (exact) mass is 369 g/mol. The molecule has 2 aromatic carbocycles. The molecule has 4 heteroatoms. The van der Waals surface area contributed by atoms with Crippen molar-refractivity contribution >= 4 is 11.6 Å². The van der Waals surface area contributed by atoms with Crippen LogP contribution in [0, 0.1) is 12.8 Å². The van der Waals surface area contributed by atoms with Gasteiger partial charge in [-0.15, -0.1) is 0 Å². The summed E-state index contributed by atoms with van der Waals surface area (Å²) in [4.78, 5) is 12.8. The van der Waals surface area contributed by atoms with E-state index in [4.69, 9.17) is 9.47 Å². The molecule has 4 nitrogen and oxygen atoms in total. The molecule has 0 aliphatic rings. The Bertz CT molecular complexity index is 743. The fourth-order valence-electron chi connectivity index (χ4n) is 3.20. The first kappa shape index (κ1) is 21.0. The third-order valence-electron chi connectivity index (χ3n) is 4.41. The van der Waals surface area contributed by atoms with Crippen LogP contribution >= 0.6 is 0 Å². The zero-order valence-corrected chi connectivity index (χ0v) is 17.0. The molecule has 0 saturated carbocycles. The van der Waals surface area contributed by atoms with Gasteiger partial charge in [-0.2, -0.15) is 0 Å². The second-order valence-corrected chi connectivity index (χ2v) is 7.47. The Balaban J connectivity index is 2.04. The molecule has 0 aromatic heterocycles. The van der Waals surface area contributed by atoms with Crippen LogP contribution in [0.5, 0.6) is 5.75 Å². The molecule has 0 aliphatic heterocycles. The van der Waals surface area contributed by atoms with Crippen LogP contribution in [0.4, 0.5) is 5.69 Å². The van der Waals surface area contributed by atoms with E-state index in [0.717, 1.165) is 22.6 Å². The lowest BCUT2D eigenvalue weighted by atomic mass is 9.93. The van der Waals surface area contributed by atoms with Crippen LogP contribution in [0.1, 0.15) is 45.2 Å². The van der Waals surface area contributed by atoms with Gasteiger partial charge in [0.05, 0.1) is 0 Å². The number of hydrogen-bond acceptors (Lipinski definition) is 3. The molecule has 0 radical (unpaired) electrons. The highest BCUT2D eigenvalue weighted by Crippen LogP contribution is 2.26. The zero-order valence-electron chi connectivity index (χ0n) is 17.0. The van der Waals surface area contributed by atoms with E-state index in [-0.39, 0.29) is 5.91 Å². The van der Waals surface area contributed by atoms with Crippen molar-refractivity contribution in [1.29, 1.82) is 0 Å². The largest absolute Gasteiger partial charge is 0.489 e. The molecular weight excluding hydrogens is 338 g/mol. The van der Waals surface area contributed by atoms with Crippen LogP contribution in [0.3, 0.4) is 0 Å². The van der Waals surface area contributed by atoms with Gasteiger partial charge in [-0.3, -0.25) is 4.79 Å². The lowest BCUT2D eigenvalue weighted by Gasteiger charge is -2.30. The number of carbonyl (C=O) groups excluding carboxylic acids is 1.